The Morgan fingerprint density at radius 3 is 2.89 bits per heavy atom. The molecule has 98 valence electrons. The van der Waals surface area contributed by atoms with E-state index in [-0.39, 0.29) is 5.91 Å². The molecule has 0 aliphatic carbocycles. The first kappa shape index (κ1) is 12.1. The van der Waals surface area contributed by atoms with E-state index in [1.807, 2.05) is 26.0 Å². The number of fused-ring (bicyclic) bond motifs is 1. The summed E-state index contributed by atoms with van der Waals surface area (Å²) < 4.78 is 5.52. The highest BCUT2D eigenvalue weighted by Crippen LogP contribution is 2.37. The topological polar surface area (TPSA) is 81.1 Å². The number of aromatic nitrogens is 1. The molecule has 0 atom stereocenters. The molecule has 2 aromatic rings. The number of nitrogens with two attached hydrogens (primary N) is 1. The van der Waals surface area contributed by atoms with Crippen molar-refractivity contribution in [1.82, 2.24) is 4.98 Å². The number of nitrogens with one attached hydrogen (secondary N) is 1. The van der Waals surface area contributed by atoms with Crippen LogP contribution in [-0.2, 0) is 11.2 Å². The van der Waals surface area contributed by atoms with Crippen molar-refractivity contribution in [3.8, 4) is 0 Å². The van der Waals surface area contributed by atoms with Crippen LogP contribution in [0.3, 0.4) is 0 Å². The lowest BCUT2D eigenvalue weighted by molar-refractivity contribution is -0.115. The smallest absolute Gasteiger partial charge is 0.261 e. The van der Waals surface area contributed by atoms with Crippen molar-refractivity contribution >= 4 is 29.0 Å². The van der Waals surface area contributed by atoms with Gasteiger partial charge in [0, 0.05) is 16.3 Å². The summed E-state index contributed by atoms with van der Waals surface area (Å²) in [4.78, 5) is 16.5. The van der Waals surface area contributed by atoms with Crippen molar-refractivity contribution < 1.29 is 9.21 Å². The van der Waals surface area contributed by atoms with Crippen LogP contribution >= 0.6 is 11.8 Å². The molecule has 5 nitrogen and oxygen atoms in total. The molecule has 1 aliphatic rings. The molecular formula is C13H13N3O2S. The quantitative estimate of drug-likeness (QED) is 0.823. The summed E-state index contributed by atoms with van der Waals surface area (Å²) in [6.45, 7) is 3.77. The number of rotatable bonds is 2. The molecule has 0 spiro atoms. The zero-order valence-electron chi connectivity index (χ0n) is 10.6. The summed E-state index contributed by atoms with van der Waals surface area (Å²) in [6.07, 6.45) is 0.391. The van der Waals surface area contributed by atoms with Crippen molar-refractivity contribution in [3.63, 3.8) is 0 Å². The fourth-order valence-corrected chi connectivity index (χ4v) is 2.83. The van der Waals surface area contributed by atoms with Gasteiger partial charge in [0.25, 0.3) is 5.22 Å². The van der Waals surface area contributed by atoms with Crippen molar-refractivity contribution in [2.24, 2.45) is 0 Å². The number of nitrogen functional groups attached to an aromatic ring is 1. The lowest BCUT2D eigenvalue weighted by Gasteiger charge is -2.06. The molecule has 3 N–H and O–H groups in total. The van der Waals surface area contributed by atoms with E-state index in [0.29, 0.717) is 17.3 Å². The van der Waals surface area contributed by atoms with E-state index in [1.54, 1.807) is 0 Å². The molecule has 1 aliphatic heterocycles. The lowest BCUT2D eigenvalue weighted by atomic mass is 10.1. The second-order valence-corrected chi connectivity index (χ2v) is 5.49. The van der Waals surface area contributed by atoms with Crippen molar-refractivity contribution in [2.75, 3.05) is 11.1 Å². The minimum Gasteiger partial charge on any atom is -0.436 e. The van der Waals surface area contributed by atoms with Crippen LogP contribution in [0.25, 0.3) is 0 Å². The number of carbonyl (C=O) groups excluding carboxylic acids is 1. The number of hydrogen-bond acceptors (Lipinski definition) is 5. The highest BCUT2D eigenvalue weighted by Gasteiger charge is 2.20. The van der Waals surface area contributed by atoms with Crippen molar-refractivity contribution in [3.05, 3.63) is 29.2 Å². The molecule has 1 aromatic carbocycles. The zero-order valence-corrected chi connectivity index (χ0v) is 11.4. The number of hydrogen-bond donors (Lipinski definition) is 2. The maximum Gasteiger partial charge on any atom is 0.261 e. The highest BCUT2D eigenvalue weighted by atomic mass is 32.2. The van der Waals surface area contributed by atoms with Crippen LogP contribution < -0.4 is 11.1 Å². The Labute approximate surface area is 114 Å². The minimum atomic E-state index is -0.000590. The Kier molecular flexibility index (Phi) is 2.74. The Hall–Kier alpha value is -1.95. The number of aryl methyl sites for hydroxylation is 2. The van der Waals surface area contributed by atoms with Crippen molar-refractivity contribution in [2.45, 2.75) is 30.4 Å². The SMILES string of the molecule is Cc1nc(Sc2cc3c(cc2N)CC(=O)N3)oc1C. The molecule has 0 saturated carbocycles. The highest BCUT2D eigenvalue weighted by molar-refractivity contribution is 7.99. The number of nitrogens with zero attached hydrogens (tertiary/aromatic N) is 1. The molecule has 3 rings (SSSR count). The van der Waals surface area contributed by atoms with Gasteiger partial charge in [-0.3, -0.25) is 4.79 Å². The van der Waals surface area contributed by atoms with Gasteiger partial charge in [0.2, 0.25) is 5.91 Å². The predicted molar refractivity (Wildman–Crippen MR) is 73.3 cm³/mol. The minimum absolute atomic E-state index is 0.000590. The summed E-state index contributed by atoms with van der Waals surface area (Å²) in [5.74, 6) is 0.801. The summed E-state index contributed by atoms with van der Waals surface area (Å²) in [7, 11) is 0. The van der Waals surface area contributed by atoms with Crippen molar-refractivity contribution in [1.29, 1.82) is 0 Å². The fraction of sp³-hybridized carbons (Fsp3) is 0.231. The number of benzene rings is 1. The third kappa shape index (κ3) is 2.19. The molecule has 6 heteroatoms. The molecule has 0 unspecified atom stereocenters. The van der Waals surface area contributed by atoms with Gasteiger partial charge < -0.3 is 15.5 Å². The second kappa shape index (κ2) is 4.31. The largest absolute Gasteiger partial charge is 0.436 e. The van der Waals surface area contributed by atoms with Crippen LogP contribution in [0.4, 0.5) is 11.4 Å². The first-order valence-corrected chi connectivity index (χ1v) is 6.68. The first-order valence-electron chi connectivity index (χ1n) is 5.87. The summed E-state index contributed by atoms with van der Waals surface area (Å²) in [6, 6.07) is 3.70. The van der Waals surface area contributed by atoms with Crippen LogP contribution in [0.15, 0.2) is 26.7 Å². The molecule has 19 heavy (non-hydrogen) atoms. The number of carbonyl (C=O) groups is 1. The van der Waals surface area contributed by atoms with E-state index in [0.717, 1.165) is 27.6 Å². The third-order valence-electron chi connectivity index (χ3n) is 3.07. The number of oxazole rings is 1. The molecule has 0 saturated heterocycles. The van der Waals surface area contributed by atoms with Crippen LogP contribution in [0.2, 0.25) is 0 Å². The van der Waals surface area contributed by atoms with Gasteiger partial charge in [-0.2, -0.15) is 0 Å². The van der Waals surface area contributed by atoms with Gasteiger partial charge in [-0.05, 0) is 43.3 Å². The molecule has 1 aromatic heterocycles. The van der Waals surface area contributed by atoms with E-state index >= 15 is 0 Å². The normalized spacial score (nSPS) is 13.5. The third-order valence-corrected chi connectivity index (χ3v) is 3.99. The second-order valence-electron chi connectivity index (χ2n) is 4.50. The van der Waals surface area contributed by atoms with Gasteiger partial charge in [0.15, 0.2) is 0 Å². The van der Waals surface area contributed by atoms with E-state index < -0.39 is 0 Å². The Morgan fingerprint density at radius 2 is 2.21 bits per heavy atom. The van der Waals surface area contributed by atoms with E-state index in [9.17, 15) is 4.79 Å². The summed E-state index contributed by atoms with van der Waals surface area (Å²) >= 11 is 1.36. The van der Waals surface area contributed by atoms with Gasteiger partial charge in [-0.1, -0.05) is 0 Å². The summed E-state index contributed by atoms with van der Waals surface area (Å²) in [5.41, 5.74) is 9.26. The predicted octanol–water partition coefficient (Wildman–Crippen LogP) is 2.52. The monoisotopic (exact) mass is 275 g/mol. The standard InChI is InChI=1S/C13H13N3O2S/c1-6-7(2)18-13(15-6)19-11-5-10-8(3-9(11)14)4-12(17)16-10/h3,5H,4,14H2,1-2H3,(H,16,17). The Balaban J connectivity index is 1.93. The molecule has 0 bridgehead atoms. The zero-order chi connectivity index (χ0) is 13.6. The maximum atomic E-state index is 11.3. The fourth-order valence-electron chi connectivity index (χ4n) is 1.94. The Morgan fingerprint density at radius 1 is 1.42 bits per heavy atom. The lowest BCUT2D eigenvalue weighted by Crippen LogP contribution is -2.03. The molecule has 0 fully saturated rings. The van der Waals surface area contributed by atoms with Gasteiger partial charge in [0.1, 0.15) is 5.76 Å². The molecule has 1 amide bonds. The van der Waals surface area contributed by atoms with Gasteiger partial charge in [-0.25, -0.2) is 4.98 Å². The van der Waals surface area contributed by atoms with Gasteiger partial charge in [-0.15, -0.1) is 0 Å². The summed E-state index contributed by atoms with van der Waals surface area (Å²) in [5, 5.41) is 3.37. The van der Waals surface area contributed by atoms with E-state index in [4.69, 9.17) is 10.2 Å². The first-order chi connectivity index (χ1) is 9.02. The molecular weight excluding hydrogens is 262 g/mol. The van der Waals surface area contributed by atoms with Gasteiger partial charge in [0.05, 0.1) is 12.1 Å². The molecule has 0 radical (unpaired) electrons. The van der Waals surface area contributed by atoms with E-state index in [2.05, 4.69) is 10.3 Å². The average Bonchev–Trinajstić information content (AvgIpc) is 2.82. The maximum absolute atomic E-state index is 11.3. The van der Waals surface area contributed by atoms with Gasteiger partial charge >= 0.3 is 0 Å². The number of amides is 1. The van der Waals surface area contributed by atoms with Crippen LogP contribution in [0.1, 0.15) is 17.0 Å². The van der Waals surface area contributed by atoms with E-state index in [1.165, 1.54) is 11.8 Å². The average molecular weight is 275 g/mol. The molecule has 2 heterocycles. The van der Waals surface area contributed by atoms with Crippen LogP contribution in [0.5, 0.6) is 0 Å². The Bertz CT molecular complexity index is 659. The van der Waals surface area contributed by atoms with Crippen LogP contribution in [0, 0.1) is 13.8 Å². The van der Waals surface area contributed by atoms with Crippen LogP contribution in [-0.4, -0.2) is 10.9 Å². The number of anilines is 2.